The number of nitrogens with zero attached hydrogens (tertiary/aromatic N) is 2. The molecule has 6 heteroatoms. The number of para-hydroxylation sites is 1. The van der Waals surface area contributed by atoms with Gasteiger partial charge in [0, 0.05) is 10.6 Å². The molecule has 0 aliphatic heterocycles. The normalized spacial score (nSPS) is 13.5. The molecule has 0 unspecified atom stereocenters. The van der Waals surface area contributed by atoms with Crippen molar-refractivity contribution in [1.29, 1.82) is 0 Å². The van der Waals surface area contributed by atoms with Crippen LogP contribution in [0.2, 0.25) is 0 Å². The number of methoxy groups -OCH3 is 1. The number of hydrogen-bond donors (Lipinski definition) is 1. The van der Waals surface area contributed by atoms with E-state index in [1.54, 1.807) is 11.3 Å². The van der Waals surface area contributed by atoms with Crippen LogP contribution >= 0.6 is 11.3 Å². The third-order valence-electron chi connectivity index (χ3n) is 4.43. The Morgan fingerprint density at radius 3 is 2.80 bits per heavy atom. The van der Waals surface area contributed by atoms with Gasteiger partial charge >= 0.3 is 5.97 Å². The highest BCUT2D eigenvalue weighted by atomic mass is 32.1. The van der Waals surface area contributed by atoms with Gasteiger partial charge < -0.3 is 10.1 Å². The molecule has 3 aromatic rings. The summed E-state index contributed by atoms with van der Waals surface area (Å²) in [6.45, 7) is 0. The smallest absolute Gasteiger partial charge is 0.313 e. The maximum absolute atomic E-state index is 11.7. The lowest BCUT2D eigenvalue weighted by atomic mass is 9.97. The first-order valence-corrected chi connectivity index (χ1v) is 9.26. The van der Waals surface area contributed by atoms with Crippen molar-refractivity contribution in [3.63, 3.8) is 0 Å². The van der Waals surface area contributed by atoms with Crippen molar-refractivity contribution in [3.8, 4) is 0 Å². The SMILES string of the molecule is COC(=O)Cc1nc(Nc2ccccc2)c2c3c(sc2n1)CCCC3. The summed E-state index contributed by atoms with van der Waals surface area (Å²) in [6.07, 6.45) is 4.68. The fraction of sp³-hybridized carbons (Fsp3) is 0.316. The second kappa shape index (κ2) is 6.80. The van der Waals surface area contributed by atoms with Crippen LogP contribution in [-0.2, 0) is 28.8 Å². The fourth-order valence-electron chi connectivity index (χ4n) is 3.23. The Morgan fingerprint density at radius 2 is 2.00 bits per heavy atom. The van der Waals surface area contributed by atoms with E-state index in [0.29, 0.717) is 5.82 Å². The van der Waals surface area contributed by atoms with E-state index in [2.05, 4.69) is 15.3 Å². The highest BCUT2D eigenvalue weighted by Gasteiger charge is 2.22. The van der Waals surface area contributed by atoms with Crippen molar-refractivity contribution in [2.24, 2.45) is 0 Å². The van der Waals surface area contributed by atoms with Gasteiger partial charge in [-0.05, 0) is 43.4 Å². The number of ether oxygens (including phenoxy) is 1. The van der Waals surface area contributed by atoms with Gasteiger partial charge in [0.25, 0.3) is 0 Å². The lowest BCUT2D eigenvalue weighted by molar-refractivity contribution is -0.139. The number of rotatable bonds is 4. The van der Waals surface area contributed by atoms with E-state index in [1.165, 1.54) is 30.4 Å². The van der Waals surface area contributed by atoms with E-state index in [4.69, 9.17) is 4.74 Å². The third kappa shape index (κ3) is 3.22. The number of aromatic nitrogens is 2. The number of nitrogens with one attached hydrogen (secondary N) is 1. The quantitative estimate of drug-likeness (QED) is 0.718. The Hall–Kier alpha value is -2.47. The Morgan fingerprint density at radius 1 is 1.20 bits per heavy atom. The Kier molecular flexibility index (Phi) is 4.36. The Bertz CT molecular complexity index is 921. The van der Waals surface area contributed by atoms with Gasteiger partial charge in [-0.1, -0.05) is 18.2 Å². The highest BCUT2D eigenvalue weighted by molar-refractivity contribution is 7.19. The van der Waals surface area contributed by atoms with Crippen LogP contribution < -0.4 is 5.32 Å². The molecule has 0 saturated carbocycles. The number of fused-ring (bicyclic) bond motifs is 3. The van der Waals surface area contributed by atoms with Crippen LogP contribution in [0.3, 0.4) is 0 Å². The molecule has 1 aromatic carbocycles. The first-order valence-electron chi connectivity index (χ1n) is 8.44. The number of carbonyl (C=O) groups is 1. The maximum atomic E-state index is 11.7. The number of hydrogen-bond acceptors (Lipinski definition) is 6. The molecule has 0 amide bonds. The minimum Gasteiger partial charge on any atom is -0.469 e. The number of benzene rings is 1. The van der Waals surface area contributed by atoms with Crippen LogP contribution in [0.5, 0.6) is 0 Å². The summed E-state index contributed by atoms with van der Waals surface area (Å²) < 4.78 is 4.77. The predicted octanol–water partition coefficient (Wildman–Crippen LogP) is 4.03. The van der Waals surface area contributed by atoms with E-state index >= 15 is 0 Å². The molecule has 2 heterocycles. The van der Waals surface area contributed by atoms with Gasteiger partial charge in [0.05, 0.1) is 12.5 Å². The third-order valence-corrected chi connectivity index (χ3v) is 5.61. The topological polar surface area (TPSA) is 64.1 Å². The summed E-state index contributed by atoms with van der Waals surface area (Å²) in [5, 5.41) is 4.53. The summed E-state index contributed by atoms with van der Waals surface area (Å²) in [5.41, 5.74) is 2.34. The summed E-state index contributed by atoms with van der Waals surface area (Å²) >= 11 is 1.73. The van der Waals surface area contributed by atoms with Gasteiger partial charge in [-0.3, -0.25) is 4.79 Å². The monoisotopic (exact) mass is 353 g/mol. The van der Waals surface area contributed by atoms with Gasteiger partial charge in [0.2, 0.25) is 0 Å². The second-order valence-corrected chi connectivity index (χ2v) is 7.21. The second-order valence-electron chi connectivity index (χ2n) is 6.12. The lowest BCUT2D eigenvalue weighted by Crippen LogP contribution is -2.09. The number of esters is 1. The molecule has 1 N–H and O–H groups in total. The maximum Gasteiger partial charge on any atom is 0.313 e. The largest absolute Gasteiger partial charge is 0.469 e. The van der Waals surface area contributed by atoms with Crippen molar-refractivity contribution in [3.05, 3.63) is 46.6 Å². The molecule has 4 rings (SSSR count). The molecule has 0 bridgehead atoms. The summed E-state index contributed by atoms with van der Waals surface area (Å²) in [4.78, 5) is 23.3. The molecule has 0 fully saturated rings. The zero-order valence-electron chi connectivity index (χ0n) is 14.0. The van der Waals surface area contributed by atoms with Crippen LogP contribution in [0.25, 0.3) is 10.2 Å². The molecule has 0 saturated heterocycles. The zero-order chi connectivity index (χ0) is 17.2. The molecule has 0 spiro atoms. The Balaban J connectivity index is 1.83. The average Bonchev–Trinajstić information content (AvgIpc) is 3.01. The number of anilines is 2. The van der Waals surface area contributed by atoms with Crippen molar-refractivity contribution < 1.29 is 9.53 Å². The molecule has 2 aromatic heterocycles. The minimum absolute atomic E-state index is 0.0818. The molecular weight excluding hydrogens is 334 g/mol. The van der Waals surface area contributed by atoms with Gasteiger partial charge in [0.1, 0.15) is 22.9 Å². The molecule has 1 aliphatic carbocycles. The number of carbonyl (C=O) groups excluding carboxylic acids is 1. The first kappa shape index (κ1) is 16.0. The van der Waals surface area contributed by atoms with Gasteiger partial charge in [-0.15, -0.1) is 11.3 Å². The van der Waals surface area contributed by atoms with Crippen LogP contribution in [0.1, 0.15) is 29.1 Å². The van der Waals surface area contributed by atoms with Gasteiger partial charge in [0.15, 0.2) is 0 Å². The number of thiophene rings is 1. The van der Waals surface area contributed by atoms with E-state index in [9.17, 15) is 4.79 Å². The minimum atomic E-state index is -0.327. The van der Waals surface area contributed by atoms with Gasteiger partial charge in [-0.25, -0.2) is 9.97 Å². The molecule has 1 aliphatic rings. The van der Waals surface area contributed by atoms with E-state index in [-0.39, 0.29) is 12.4 Å². The zero-order valence-corrected chi connectivity index (χ0v) is 14.9. The standard InChI is InChI=1S/C19H19N3O2S/c1-24-16(23)11-15-21-18(20-12-7-3-2-4-8-12)17-13-9-5-6-10-14(13)25-19(17)22-15/h2-4,7-8H,5-6,9-11H2,1H3,(H,20,21,22). The van der Waals surface area contributed by atoms with Crippen LogP contribution in [0, 0.1) is 0 Å². The first-order chi connectivity index (χ1) is 12.2. The molecule has 0 atom stereocenters. The molecule has 128 valence electrons. The van der Waals surface area contributed by atoms with Crippen molar-refractivity contribution >= 4 is 39.0 Å². The van der Waals surface area contributed by atoms with Crippen LogP contribution in [0.4, 0.5) is 11.5 Å². The molecule has 25 heavy (non-hydrogen) atoms. The summed E-state index contributed by atoms with van der Waals surface area (Å²) in [7, 11) is 1.38. The van der Waals surface area contributed by atoms with E-state index in [0.717, 1.165) is 34.6 Å². The van der Waals surface area contributed by atoms with Gasteiger partial charge in [-0.2, -0.15) is 0 Å². The van der Waals surface area contributed by atoms with Crippen LogP contribution in [-0.4, -0.2) is 23.0 Å². The van der Waals surface area contributed by atoms with Crippen LogP contribution in [0.15, 0.2) is 30.3 Å². The Labute approximate surface area is 150 Å². The molecular formula is C19H19N3O2S. The number of aryl methyl sites for hydroxylation is 2. The van der Waals surface area contributed by atoms with Crippen molar-refractivity contribution in [2.45, 2.75) is 32.1 Å². The summed E-state index contributed by atoms with van der Waals surface area (Å²) in [5.74, 6) is 0.956. The van der Waals surface area contributed by atoms with E-state index in [1.807, 2.05) is 30.3 Å². The molecule has 0 radical (unpaired) electrons. The predicted molar refractivity (Wildman–Crippen MR) is 99.5 cm³/mol. The van der Waals surface area contributed by atoms with Crippen molar-refractivity contribution in [2.75, 3.05) is 12.4 Å². The highest BCUT2D eigenvalue weighted by Crippen LogP contribution is 2.39. The van der Waals surface area contributed by atoms with Crippen molar-refractivity contribution in [1.82, 2.24) is 9.97 Å². The summed E-state index contributed by atoms with van der Waals surface area (Å²) in [6, 6.07) is 9.97. The average molecular weight is 353 g/mol. The molecule has 5 nitrogen and oxygen atoms in total. The van der Waals surface area contributed by atoms with E-state index < -0.39 is 0 Å². The fourth-order valence-corrected chi connectivity index (χ4v) is 4.51. The lowest BCUT2D eigenvalue weighted by Gasteiger charge is -2.13.